The van der Waals surface area contributed by atoms with E-state index in [1.165, 1.54) is 11.0 Å². The molecule has 1 heterocycles. The van der Waals surface area contributed by atoms with Crippen molar-refractivity contribution < 1.29 is 9.18 Å². The first-order valence-corrected chi connectivity index (χ1v) is 5.31. The number of halogens is 2. The number of anilines is 1. The van der Waals surface area contributed by atoms with E-state index in [0.29, 0.717) is 12.2 Å². The summed E-state index contributed by atoms with van der Waals surface area (Å²) in [5, 5.41) is 0. The Hall–Kier alpha value is -0.900. The SMILES string of the molecule is O=C1[C@@H](Br)CCN1c1ccccc1F. The van der Waals surface area contributed by atoms with E-state index < -0.39 is 0 Å². The maximum atomic E-state index is 13.3. The number of carbonyl (C=O) groups excluding carboxylic acids is 1. The number of rotatable bonds is 1. The van der Waals surface area contributed by atoms with Gasteiger partial charge in [0, 0.05) is 6.54 Å². The summed E-state index contributed by atoms with van der Waals surface area (Å²) in [5.74, 6) is -0.405. The van der Waals surface area contributed by atoms with Crippen molar-refractivity contribution in [1.82, 2.24) is 0 Å². The smallest absolute Gasteiger partial charge is 0.240 e. The van der Waals surface area contributed by atoms with Crippen molar-refractivity contribution in [3.05, 3.63) is 30.1 Å². The van der Waals surface area contributed by atoms with Gasteiger partial charge in [0.2, 0.25) is 5.91 Å². The molecular weight excluding hydrogens is 249 g/mol. The van der Waals surface area contributed by atoms with Crippen LogP contribution in [0, 0.1) is 5.82 Å². The van der Waals surface area contributed by atoms with Gasteiger partial charge in [-0.25, -0.2) is 4.39 Å². The van der Waals surface area contributed by atoms with Gasteiger partial charge < -0.3 is 4.90 Å². The lowest BCUT2D eigenvalue weighted by Gasteiger charge is -2.16. The largest absolute Gasteiger partial charge is 0.309 e. The molecule has 4 heteroatoms. The Balaban J connectivity index is 2.33. The molecule has 1 atom stereocenters. The molecule has 14 heavy (non-hydrogen) atoms. The standard InChI is InChI=1S/C10H9BrFNO/c11-7-5-6-13(10(7)14)9-4-2-1-3-8(9)12/h1-4,7H,5-6H2/t7-/m0/s1. The summed E-state index contributed by atoms with van der Waals surface area (Å²) in [6.45, 7) is 0.579. The van der Waals surface area contributed by atoms with Gasteiger partial charge in [-0.15, -0.1) is 0 Å². The highest BCUT2D eigenvalue weighted by Crippen LogP contribution is 2.27. The number of amides is 1. The minimum Gasteiger partial charge on any atom is -0.309 e. The Morgan fingerprint density at radius 1 is 1.43 bits per heavy atom. The summed E-state index contributed by atoms with van der Waals surface area (Å²) in [7, 11) is 0. The maximum Gasteiger partial charge on any atom is 0.240 e. The van der Waals surface area contributed by atoms with Crippen LogP contribution in [0.15, 0.2) is 24.3 Å². The van der Waals surface area contributed by atoms with Crippen molar-refractivity contribution in [2.45, 2.75) is 11.2 Å². The molecule has 1 aromatic rings. The molecule has 74 valence electrons. The molecular formula is C10H9BrFNO. The zero-order chi connectivity index (χ0) is 10.1. The molecule has 0 aliphatic carbocycles. The Kier molecular flexibility index (Phi) is 2.54. The number of nitrogens with zero attached hydrogens (tertiary/aromatic N) is 1. The van der Waals surface area contributed by atoms with Gasteiger partial charge in [-0.05, 0) is 18.6 Å². The Labute approximate surface area is 89.8 Å². The van der Waals surface area contributed by atoms with Crippen molar-refractivity contribution in [3.63, 3.8) is 0 Å². The van der Waals surface area contributed by atoms with Crippen molar-refractivity contribution in [3.8, 4) is 0 Å². The van der Waals surface area contributed by atoms with Crippen LogP contribution in [0.5, 0.6) is 0 Å². The lowest BCUT2D eigenvalue weighted by Crippen LogP contribution is -2.27. The summed E-state index contributed by atoms with van der Waals surface area (Å²) >= 11 is 3.25. The maximum absolute atomic E-state index is 13.3. The number of hydrogen-bond donors (Lipinski definition) is 0. The molecule has 1 saturated heterocycles. The van der Waals surface area contributed by atoms with Gasteiger partial charge in [0.15, 0.2) is 0 Å². The molecule has 0 bridgehead atoms. The van der Waals surface area contributed by atoms with Crippen molar-refractivity contribution in [1.29, 1.82) is 0 Å². The van der Waals surface area contributed by atoms with Gasteiger partial charge in [0.1, 0.15) is 5.82 Å². The topological polar surface area (TPSA) is 20.3 Å². The second-order valence-electron chi connectivity index (χ2n) is 3.20. The highest BCUT2D eigenvalue weighted by atomic mass is 79.9. The van der Waals surface area contributed by atoms with E-state index in [1.807, 2.05) is 0 Å². The second kappa shape index (κ2) is 3.69. The van der Waals surface area contributed by atoms with Crippen LogP contribution in [0.25, 0.3) is 0 Å². The molecule has 1 aliphatic rings. The minimum atomic E-state index is -0.345. The van der Waals surface area contributed by atoms with E-state index in [0.717, 1.165) is 6.42 Å². The Morgan fingerprint density at radius 3 is 2.71 bits per heavy atom. The van der Waals surface area contributed by atoms with Gasteiger partial charge in [-0.2, -0.15) is 0 Å². The average Bonchev–Trinajstić information content (AvgIpc) is 2.49. The summed E-state index contributed by atoms with van der Waals surface area (Å²) in [6.07, 6.45) is 0.729. The first kappa shape index (κ1) is 9.65. The molecule has 0 saturated carbocycles. The summed E-state index contributed by atoms with van der Waals surface area (Å²) in [4.78, 5) is 12.9. The number of para-hydroxylation sites is 1. The van der Waals surface area contributed by atoms with Crippen molar-refractivity contribution >= 4 is 27.5 Å². The molecule has 1 aromatic carbocycles. The van der Waals surface area contributed by atoms with Gasteiger partial charge in [-0.3, -0.25) is 4.79 Å². The molecule has 0 aromatic heterocycles. The van der Waals surface area contributed by atoms with E-state index in [-0.39, 0.29) is 16.6 Å². The molecule has 1 fully saturated rings. The van der Waals surface area contributed by atoms with E-state index in [9.17, 15) is 9.18 Å². The fourth-order valence-electron chi connectivity index (χ4n) is 1.56. The van der Waals surface area contributed by atoms with E-state index >= 15 is 0 Å². The minimum absolute atomic E-state index is 0.0601. The van der Waals surface area contributed by atoms with Crippen LogP contribution in [0.4, 0.5) is 10.1 Å². The third-order valence-corrected chi connectivity index (χ3v) is 3.13. The molecule has 0 N–H and O–H groups in total. The quantitative estimate of drug-likeness (QED) is 0.708. The highest BCUT2D eigenvalue weighted by molar-refractivity contribution is 9.10. The van der Waals surface area contributed by atoms with Gasteiger partial charge in [0.25, 0.3) is 0 Å². The van der Waals surface area contributed by atoms with Crippen molar-refractivity contribution in [2.75, 3.05) is 11.4 Å². The molecule has 0 unspecified atom stereocenters. The Bertz CT molecular complexity index is 369. The fraction of sp³-hybridized carbons (Fsp3) is 0.300. The lowest BCUT2D eigenvalue weighted by atomic mass is 10.3. The molecule has 2 rings (SSSR count). The third kappa shape index (κ3) is 1.54. The monoisotopic (exact) mass is 257 g/mol. The second-order valence-corrected chi connectivity index (χ2v) is 4.30. The molecule has 0 radical (unpaired) electrons. The first-order valence-electron chi connectivity index (χ1n) is 4.40. The predicted molar refractivity (Wildman–Crippen MR) is 56.1 cm³/mol. The first-order chi connectivity index (χ1) is 6.70. The van der Waals surface area contributed by atoms with E-state index in [1.54, 1.807) is 18.2 Å². The number of alkyl halides is 1. The zero-order valence-corrected chi connectivity index (χ0v) is 9.00. The fourth-order valence-corrected chi connectivity index (χ4v) is 2.01. The van der Waals surface area contributed by atoms with E-state index in [4.69, 9.17) is 0 Å². The number of carbonyl (C=O) groups is 1. The Morgan fingerprint density at radius 2 is 2.14 bits per heavy atom. The van der Waals surface area contributed by atoms with Gasteiger partial charge in [0.05, 0.1) is 10.5 Å². The van der Waals surface area contributed by atoms with E-state index in [2.05, 4.69) is 15.9 Å². The number of benzene rings is 1. The predicted octanol–water partition coefficient (Wildman–Crippen LogP) is 2.33. The summed E-state index contributed by atoms with van der Waals surface area (Å²) in [6, 6.07) is 6.33. The van der Waals surface area contributed by atoms with Crippen LogP contribution in [-0.4, -0.2) is 17.3 Å². The summed E-state index contributed by atoms with van der Waals surface area (Å²) in [5.41, 5.74) is 0.374. The molecule has 1 amide bonds. The van der Waals surface area contributed by atoms with Crippen LogP contribution >= 0.6 is 15.9 Å². The molecule has 0 spiro atoms. The normalized spacial score (nSPS) is 21.7. The average molecular weight is 258 g/mol. The van der Waals surface area contributed by atoms with Gasteiger partial charge >= 0.3 is 0 Å². The van der Waals surface area contributed by atoms with Crippen LogP contribution in [0.1, 0.15) is 6.42 Å². The van der Waals surface area contributed by atoms with Gasteiger partial charge in [-0.1, -0.05) is 28.1 Å². The van der Waals surface area contributed by atoms with Crippen LogP contribution in [0.3, 0.4) is 0 Å². The zero-order valence-electron chi connectivity index (χ0n) is 7.41. The van der Waals surface area contributed by atoms with Crippen molar-refractivity contribution in [2.24, 2.45) is 0 Å². The molecule has 1 aliphatic heterocycles. The number of hydrogen-bond acceptors (Lipinski definition) is 1. The molecule has 2 nitrogen and oxygen atoms in total. The summed E-state index contributed by atoms with van der Waals surface area (Å²) < 4.78 is 13.3. The highest BCUT2D eigenvalue weighted by Gasteiger charge is 2.31. The lowest BCUT2D eigenvalue weighted by molar-refractivity contribution is -0.116. The van der Waals surface area contributed by atoms with Crippen LogP contribution in [0.2, 0.25) is 0 Å². The third-order valence-electron chi connectivity index (χ3n) is 2.28. The van der Waals surface area contributed by atoms with Crippen LogP contribution in [-0.2, 0) is 4.79 Å². The van der Waals surface area contributed by atoms with Crippen LogP contribution < -0.4 is 4.90 Å².